The number of rotatable bonds is 9. The number of amides is 2. The van der Waals surface area contributed by atoms with E-state index in [9.17, 15) is 9.59 Å². The molecule has 0 radical (unpaired) electrons. The van der Waals surface area contributed by atoms with Gasteiger partial charge in [0.25, 0.3) is 5.91 Å². The van der Waals surface area contributed by atoms with Crippen LogP contribution in [0.3, 0.4) is 0 Å². The van der Waals surface area contributed by atoms with Crippen molar-refractivity contribution in [3.8, 4) is 0 Å². The summed E-state index contributed by atoms with van der Waals surface area (Å²) in [5.41, 5.74) is 2.91. The average molecular weight is 555 g/mol. The van der Waals surface area contributed by atoms with Crippen molar-refractivity contribution in [3.63, 3.8) is 0 Å². The van der Waals surface area contributed by atoms with Gasteiger partial charge in [-0.1, -0.05) is 48.9 Å². The summed E-state index contributed by atoms with van der Waals surface area (Å²) in [7, 11) is 0. The third kappa shape index (κ3) is 7.38. The number of aryl methyl sites for hydroxylation is 2. The topological polar surface area (TPSA) is 74.8 Å². The van der Waals surface area contributed by atoms with E-state index < -0.39 is 0 Å². The Morgan fingerprint density at radius 2 is 1.85 bits per heavy atom. The Kier molecular flexibility index (Phi) is 10.0. The van der Waals surface area contributed by atoms with E-state index in [0.717, 1.165) is 50.8 Å². The summed E-state index contributed by atoms with van der Waals surface area (Å²) in [5.74, 6) is 0.169. The lowest BCUT2D eigenvalue weighted by Crippen LogP contribution is -2.53. The number of benzene rings is 1. The second-order valence-corrected chi connectivity index (χ2v) is 11.9. The molecule has 2 saturated heterocycles. The van der Waals surface area contributed by atoms with Crippen molar-refractivity contribution in [2.24, 2.45) is 5.41 Å². The van der Waals surface area contributed by atoms with Crippen LogP contribution in [0.2, 0.25) is 5.15 Å². The van der Waals surface area contributed by atoms with Crippen molar-refractivity contribution in [2.45, 2.75) is 78.4 Å². The van der Waals surface area contributed by atoms with Crippen LogP contribution in [0.4, 0.5) is 0 Å². The Balaban J connectivity index is 1.32. The van der Waals surface area contributed by atoms with Crippen molar-refractivity contribution in [1.29, 1.82) is 0 Å². The van der Waals surface area contributed by atoms with E-state index in [1.54, 1.807) is 6.07 Å². The minimum absolute atomic E-state index is 0.100. The smallest absolute Gasteiger partial charge is 0.253 e. The minimum Gasteiger partial charge on any atom is -0.381 e. The summed E-state index contributed by atoms with van der Waals surface area (Å²) in [5, 5.41) is 3.47. The van der Waals surface area contributed by atoms with Gasteiger partial charge in [-0.3, -0.25) is 9.59 Å². The minimum atomic E-state index is -0.355. The molecule has 3 heterocycles. The SMILES string of the molecule is Cc1cc(Cl)nc(C)c1C(=O)NCC[C@@H](C)N1CCC(N(Cc2ccccc2)C(=O)C2(C)CCOCC2)CC1. The highest BCUT2D eigenvalue weighted by atomic mass is 35.5. The molecule has 4 rings (SSSR count). The number of nitrogens with one attached hydrogen (secondary N) is 1. The molecule has 0 aliphatic carbocycles. The highest BCUT2D eigenvalue weighted by molar-refractivity contribution is 6.29. The monoisotopic (exact) mass is 554 g/mol. The highest BCUT2D eigenvalue weighted by Crippen LogP contribution is 2.35. The number of ether oxygens (including phenoxy) is 1. The quantitative estimate of drug-likeness (QED) is 0.433. The zero-order valence-electron chi connectivity index (χ0n) is 23.8. The first-order valence-electron chi connectivity index (χ1n) is 14.3. The zero-order valence-corrected chi connectivity index (χ0v) is 24.6. The van der Waals surface area contributed by atoms with Crippen molar-refractivity contribution in [3.05, 3.63) is 63.9 Å². The lowest BCUT2D eigenvalue weighted by atomic mass is 9.80. The summed E-state index contributed by atoms with van der Waals surface area (Å²) in [6, 6.07) is 12.6. The predicted molar refractivity (Wildman–Crippen MR) is 155 cm³/mol. The summed E-state index contributed by atoms with van der Waals surface area (Å²) in [6.07, 6.45) is 4.33. The van der Waals surface area contributed by atoms with Gasteiger partial charge >= 0.3 is 0 Å². The Labute approximate surface area is 238 Å². The van der Waals surface area contributed by atoms with Crippen LogP contribution in [0.1, 0.15) is 73.1 Å². The summed E-state index contributed by atoms with van der Waals surface area (Å²) >= 11 is 6.02. The Hall–Kier alpha value is -2.48. The van der Waals surface area contributed by atoms with Crippen molar-refractivity contribution < 1.29 is 14.3 Å². The molecule has 2 aliphatic heterocycles. The average Bonchev–Trinajstić information content (AvgIpc) is 2.92. The molecule has 2 amide bonds. The molecule has 1 atom stereocenters. The molecular weight excluding hydrogens is 512 g/mol. The number of pyridine rings is 1. The van der Waals surface area contributed by atoms with Gasteiger partial charge in [-0.2, -0.15) is 0 Å². The number of carbonyl (C=O) groups excluding carboxylic acids is 2. The third-order valence-electron chi connectivity index (χ3n) is 8.57. The van der Waals surface area contributed by atoms with Crippen LogP contribution < -0.4 is 5.32 Å². The Morgan fingerprint density at radius 1 is 1.18 bits per heavy atom. The number of nitrogens with zero attached hydrogens (tertiary/aromatic N) is 3. The standard InChI is InChI=1S/C31H43ClN4O3/c1-22-20-27(32)34-24(3)28(22)29(37)33-15-10-23(2)35-16-11-26(12-17-35)36(21-25-8-6-5-7-9-25)30(38)31(4)13-18-39-19-14-31/h5-9,20,23,26H,10-19,21H2,1-4H3,(H,33,37)/t23-/m1/s1. The normalized spacial score (nSPS) is 18.9. The van der Waals surface area contributed by atoms with Crippen LogP contribution in [0.25, 0.3) is 0 Å². The van der Waals surface area contributed by atoms with E-state index >= 15 is 0 Å². The first-order valence-corrected chi connectivity index (χ1v) is 14.6. The van der Waals surface area contributed by atoms with Gasteiger partial charge in [-0.25, -0.2) is 4.98 Å². The van der Waals surface area contributed by atoms with Crippen LogP contribution in [-0.2, 0) is 16.1 Å². The van der Waals surface area contributed by atoms with Gasteiger partial charge in [0.1, 0.15) is 5.15 Å². The van der Waals surface area contributed by atoms with Crippen molar-refractivity contribution >= 4 is 23.4 Å². The number of aromatic nitrogens is 1. The van der Waals surface area contributed by atoms with Crippen LogP contribution >= 0.6 is 11.6 Å². The molecule has 212 valence electrons. The van der Waals surface area contributed by atoms with Gasteiger partial charge in [0, 0.05) is 51.5 Å². The number of hydrogen-bond acceptors (Lipinski definition) is 5. The lowest BCUT2D eigenvalue weighted by Gasteiger charge is -2.44. The molecule has 0 bridgehead atoms. The fourth-order valence-electron chi connectivity index (χ4n) is 5.96. The summed E-state index contributed by atoms with van der Waals surface area (Å²) in [4.78, 5) is 35.6. The second kappa shape index (κ2) is 13.2. The van der Waals surface area contributed by atoms with Gasteiger partial charge in [0.2, 0.25) is 5.91 Å². The second-order valence-electron chi connectivity index (χ2n) is 11.5. The molecule has 2 aliphatic rings. The maximum absolute atomic E-state index is 13.9. The van der Waals surface area contributed by atoms with Gasteiger partial charge in [0.05, 0.1) is 16.7 Å². The first-order chi connectivity index (χ1) is 18.7. The van der Waals surface area contributed by atoms with E-state index in [2.05, 4.69) is 46.1 Å². The van der Waals surface area contributed by atoms with E-state index in [-0.39, 0.29) is 23.3 Å². The van der Waals surface area contributed by atoms with E-state index in [1.807, 2.05) is 32.0 Å². The maximum Gasteiger partial charge on any atom is 0.253 e. The van der Waals surface area contributed by atoms with Crippen LogP contribution in [0.5, 0.6) is 0 Å². The highest BCUT2D eigenvalue weighted by Gasteiger charge is 2.41. The number of carbonyl (C=O) groups is 2. The van der Waals surface area contributed by atoms with Crippen LogP contribution in [0.15, 0.2) is 36.4 Å². The largest absolute Gasteiger partial charge is 0.381 e. The molecule has 39 heavy (non-hydrogen) atoms. The van der Waals surface area contributed by atoms with Crippen molar-refractivity contribution in [1.82, 2.24) is 20.1 Å². The van der Waals surface area contributed by atoms with Gasteiger partial charge < -0.3 is 19.9 Å². The molecule has 1 aromatic heterocycles. The molecule has 1 aromatic carbocycles. The van der Waals surface area contributed by atoms with E-state index in [0.29, 0.717) is 48.8 Å². The molecule has 8 heteroatoms. The fraction of sp³-hybridized carbons (Fsp3) is 0.581. The van der Waals surface area contributed by atoms with Gasteiger partial charge in [0.15, 0.2) is 0 Å². The Bertz CT molecular complexity index is 1100. The first kappa shape index (κ1) is 29.5. The number of likely N-dealkylation sites (tertiary alicyclic amines) is 1. The number of piperidine rings is 1. The molecule has 2 fully saturated rings. The summed E-state index contributed by atoms with van der Waals surface area (Å²) < 4.78 is 5.58. The van der Waals surface area contributed by atoms with E-state index in [4.69, 9.17) is 16.3 Å². The third-order valence-corrected chi connectivity index (χ3v) is 8.77. The molecule has 0 saturated carbocycles. The molecular formula is C31H43ClN4O3. The van der Waals surface area contributed by atoms with Crippen LogP contribution in [-0.4, -0.2) is 71.5 Å². The van der Waals surface area contributed by atoms with Gasteiger partial charge in [-0.15, -0.1) is 0 Å². The predicted octanol–water partition coefficient (Wildman–Crippen LogP) is 5.17. The molecule has 7 nitrogen and oxygen atoms in total. The van der Waals surface area contributed by atoms with Crippen molar-refractivity contribution in [2.75, 3.05) is 32.8 Å². The molecule has 0 unspecified atom stereocenters. The Morgan fingerprint density at radius 3 is 2.49 bits per heavy atom. The zero-order chi connectivity index (χ0) is 28.0. The molecule has 2 aromatic rings. The maximum atomic E-state index is 13.9. The van der Waals surface area contributed by atoms with E-state index in [1.165, 1.54) is 5.56 Å². The fourth-order valence-corrected chi connectivity index (χ4v) is 6.25. The van der Waals surface area contributed by atoms with Crippen LogP contribution in [0, 0.1) is 19.3 Å². The van der Waals surface area contributed by atoms with Gasteiger partial charge in [-0.05, 0) is 70.1 Å². The lowest BCUT2D eigenvalue weighted by molar-refractivity contribution is -0.151. The molecule has 0 spiro atoms. The number of halogens is 1. The number of hydrogen-bond donors (Lipinski definition) is 1. The summed E-state index contributed by atoms with van der Waals surface area (Å²) in [6.45, 7) is 12.5. The molecule has 1 N–H and O–H groups in total.